The quantitative estimate of drug-likeness (QED) is 0.772. The first-order valence-corrected chi connectivity index (χ1v) is 5.37. The summed E-state index contributed by atoms with van der Waals surface area (Å²) in [4.78, 5) is 0. The normalized spacial score (nSPS) is 11.1. The Morgan fingerprint density at radius 3 is 2.77 bits per heavy atom. The fourth-order valence-corrected chi connectivity index (χ4v) is 1.89. The van der Waals surface area contributed by atoms with E-state index in [0.29, 0.717) is 20.8 Å². The summed E-state index contributed by atoms with van der Waals surface area (Å²) in [6.45, 7) is 0. The lowest BCUT2D eigenvalue weighted by atomic mass is 10.2. The molecule has 0 spiro atoms. The first-order chi connectivity index (χ1) is 6.15. The Morgan fingerprint density at radius 2 is 2.23 bits per heavy atom. The third kappa shape index (κ3) is 3.01. The summed E-state index contributed by atoms with van der Waals surface area (Å²) in [6.07, 6.45) is 3.43. The highest BCUT2D eigenvalue weighted by Gasteiger charge is 2.04. The molecule has 0 unspecified atom stereocenters. The molecule has 0 saturated carbocycles. The van der Waals surface area contributed by atoms with E-state index in [9.17, 15) is 4.39 Å². The van der Waals surface area contributed by atoms with Crippen LogP contribution < -0.4 is 0 Å². The van der Waals surface area contributed by atoms with Gasteiger partial charge in [0.2, 0.25) is 0 Å². The van der Waals surface area contributed by atoms with E-state index in [2.05, 4.69) is 28.6 Å². The monoisotopic (exact) mass is 280 g/mol. The van der Waals surface area contributed by atoms with E-state index >= 15 is 0 Å². The van der Waals surface area contributed by atoms with Crippen LogP contribution in [0.4, 0.5) is 4.39 Å². The minimum absolute atomic E-state index is 0.336. The molecule has 0 saturated heterocycles. The molecule has 0 bridgehead atoms. The third-order valence-corrected chi connectivity index (χ3v) is 2.52. The summed E-state index contributed by atoms with van der Waals surface area (Å²) >= 11 is 12.9. The molecule has 1 rings (SSSR count). The van der Waals surface area contributed by atoms with E-state index in [0.717, 1.165) is 0 Å². The largest absolute Gasteiger partial charge is 0.206 e. The zero-order chi connectivity index (χ0) is 9.84. The van der Waals surface area contributed by atoms with Crippen molar-refractivity contribution in [3.05, 3.63) is 39.1 Å². The number of benzene rings is 1. The van der Waals surface area contributed by atoms with Crippen molar-refractivity contribution in [2.75, 3.05) is 5.75 Å². The smallest absolute Gasteiger partial charge is 0.133 e. The van der Waals surface area contributed by atoms with Crippen LogP contribution >= 0.6 is 40.2 Å². The standard InChI is InChI=1S/C9H7BrClFS/c10-8-4-6(11)5-9(12)7(8)2-1-3-13/h1-2,4-5,13H,3H2. The maximum atomic E-state index is 13.2. The molecule has 1 aromatic carbocycles. The highest BCUT2D eigenvalue weighted by Crippen LogP contribution is 2.25. The summed E-state index contributed by atoms with van der Waals surface area (Å²) in [6, 6.07) is 2.94. The van der Waals surface area contributed by atoms with Crippen molar-refractivity contribution < 1.29 is 4.39 Å². The van der Waals surface area contributed by atoms with Gasteiger partial charge < -0.3 is 0 Å². The van der Waals surface area contributed by atoms with Crippen molar-refractivity contribution in [2.24, 2.45) is 0 Å². The molecular formula is C9H7BrClFS. The number of hydrogen-bond donors (Lipinski definition) is 1. The molecule has 0 nitrogen and oxygen atoms in total. The molecule has 70 valence electrons. The van der Waals surface area contributed by atoms with E-state index in [-0.39, 0.29) is 5.82 Å². The predicted octanol–water partition coefficient (Wildman–Crippen LogP) is 4.18. The number of thiol groups is 1. The maximum Gasteiger partial charge on any atom is 0.133 e. The Balaban J connectivity index is 3.13. The molecule has 0 radical (unpaired) electrons. The van der Waals surface area contributed by atoms with Gasteiger partial charge in [-0.15, -0.1) is 0 Å². The van der Waals surface area contributed by atoms with Gasteiger partial charge in [0.25, 0.3) is 0 Å². The van der Waals surface area contributed by atoms with Gasteiger partial charge in [-0.05, 0) is 12.1 Å². The van der Waals surface area contributed by atoms with Gasteiger partial charge in [-0.25, -0.2) is 4.39 Å². The highest BCUT2D eigenvalue weighted by molar-refractivity contribution is 9.10. The molecule has 0 atom stereocenters. The van der Waals surface area contributed by atoms with E-state index in [4.69, 9.17) is 11.6 Å². The van der Waals surface area contributed by atoms with Crippen LogP contribution in [0.3, 0.4) is 0 Å². The minimum Gasteiger partial charge on any atom is -0.206 e. The first kappa shape index (κ1) is 11.1. The van der Waals surface area contributed by atoms with Gasteiger partial charge in [0.1, 0.15) is 5.82 Å². The second kappa shape index (κ2) is 5.03. The van der Waals surface area contributed by atoms with Gasteiger partial charge in [0.15, 0.2) is 0 Å². The fraction of sp³-hybridized carbons (Fsp3) is 0.111. The Morgan fingerprint density at radius 1 is 1.54 bits per heavy atom. The van der Waals surface area contributed by atoms with Gasteiger partial charge in [-0.3, -0.25) is 0 Å². The van der Waals surface area contributed by atoms with E-state index < -0.39 is 0 Å². The zero-order valence-electron chi connectivity index (χ0n) is 6.60. The van der Waals surface area contributed by atoms with Crippen LogP contribution in [0.2, 0.25) is 5.02 Å². The number of halogens is 3. The van der Waals surface area contributed by atoms with Crippen LogP contribution in [0.1, 0.15) is 5.56 Å². The Labute approximate surface area is 95.3 Å². The number of hydrogen-bond acceptors (Lipinski definition) is 1. The van der Waals surface area contributed by atoms with Gasteiger partial charge in [-0.1, -0.05) is 39.7 Å². The fourth-order valence-electron chi connectivity index (χ4n) is 0.883. The molecule has 0 fully saturated rings. The van der Waals surface area contributed by atoms with Crippen LogP contribution in [0.5, 0.6) is 0 Å². The molecule has 0 amide bonds. The van der Waals surface area contributed by atoms with Crippen LogP contribution in [-0.2, 0) is 0 Å². The van der Waals surface area contributed by atoms with Crippen LogP contribution in [0, 0.1) is 5.82 Å². The number of rotatable bonds is 2. The van der Waals surface area contributed by atoms with Gasteiger partial charge in [0, 0.05) is 20.8 Å². The van der Waals surface area contributed by atoms with Crippen molar-refractivity contribution in [3.8, 4) is 0 Å². The van der Waals surface area contributed by atoms with Crippen LogP contribution in [0.25, 0.3) is 6.08 Å². The topological polar surface area (TPSA) is 0 Å². The lowest BCUT2D eigenvalue weighted by molar-refractivity contribution is 0.624. The summed E-state index contributed by atoms with van der Waals surface area (Å²) in [5, 5.41) is 0.382. The average Bonchev–Trinajstić information content (AvgIpc) is 2.02. The zero-order valence-corrected chi connectivity index (χ0v) is 9.83. The lowest BCUT2D eigenvalue weighted by Gasteiger charge is -2.01. The predicted molar refractivity (Wildman–Crippen MR) is 62.0 cm³/mol. The SMILES string of the molecule is Fc1cc(Cl)cc(Br)c1C=CCS. The van der Waals surface area contributed by atoms with Gasteiger partial charge in [-0.2, -0.15) is 12.6 Å². The van der Waals surface area contributed by atoms with Gasteiger partial charge >= 0.3 is 0 Å². The highest BCUT2D eigenvalue weighted by atomic mass is 79.9. The summed E-state index contributed by atoms with van der Waals surface area (Å²) in [5.41, 5.74) is 0.499. The van der Waals surface area contributed by atoms with Crippen molar-refractivity contribution in [1.82, 2.24) is 0 Å². The summed E-state index contributed by atoms with van der Waals surface area (Å²) in [7, 11) is 0. The molecule has 0 N–H and O–H groups in total. The van der Waals surface area contributed by atoms with E-state index in [1.807, 2.05) is 0 Å². The Bertz CT molecular complexity index is 315. The molecule has 0 aliphatic heterocycles. The second-order valence-corrected chi connectivity index (χ2v) is 4.02. The second-order valence-electron chi connectivity index (χ2n) is 2.37. The molecule has 0 aromatic heterocycles. The lowest BCUT2D eigenvalue weighted by Crippen LogP contribution is -1.84. The van der Waals surface area contributed by atoms with Crippen LogP contribution in [0.15, 0.2) is 22.7 Å². The third-order valence-electron chi connectivity index (χ3n) is 1.43. The Hall–Kier alpha value is 0.01000. The summed E-state index contributed by atoms with van der Waals surface area (Å²) < 4.78 is 13.9. The van der Waals surface area contributed by atoms with Crippen molar-refractivity contribution in [2.45, 2.75) is 0 Å². The average molecular weight is 282 g/mol. The molecule has 1 aromatic rings. The van der Waals surface area contributed by atoms with Crippen molar-refractivity contribution >= 4 is 46.2 Å². The van der Waals surface area contributed by atoms with Crippen molar-refractivity contribution in [1.29, 1.82) is 0 Å². The molecular weight excluding hydrogens is 275 g/mol. The van der Waals surface area contributed by atoms with Gasteiger partial charge in [0.05, 0.1) is 0 Å². The minimum atomic E-state index is -0.336. The van der Waals surface area contributed by atoms with Crippen molar-refractivity contribution in [3.63, 3.8) is 0 Å². The van der Waals surface area contributed by atoms with E-state index in [1.54, 1.807) is 18.2 Å². The molecule has 0 heterocycles. The van der Waals surface area contributed by atoms with Crippen LogP contribution in [-0.4, -0.2) is 5.75 Å². The molecule has 0 aliphatic rings. The first-order valence-electron chi connectivity index (χ1n) is 3.57. The molecule has 4 heteroatoms. The Kier molecular flexibility index (Phi) is 4.29. The maximum absolute atomic E-state index is 13.2. The molecule has 13 heavy (non-hydrogen) atoms. The summed E-state index contributed by atoms with van der Waals surface area (Å²) in [5.74, 6) is 0.242. The molecule has 0 aliphatic carbocycles. The van der Waals surface area contributed by atoms with E-state index in [1.165, 1.54) is 6.07 Å².